The number of urea groups is 1. The summed E-state index contributed by atoms with van der Waals surface area (Å²) >= 11 is 0. The van der Waals surface area contributed by atoms with E-state index in [1.807, 2.05) is 44.2 Å². The fourth-order valence-electron chi connectivity index (χ4n) is 2.22. The fraction of sp³-hybridized carbons (Fsp3) is 0.176. The molecule has 3 N–H and O–H groups in total. The molecule has 0 bridgehead atoms. The van der Waals surface area contributed by atoms with Crippen LogP contribution in [-0.4, -0.2) is 26.2 Å². The fourth-order valence-corrected chi connectivity index (χ4v) is 2.22. The molecule has 24 heavy (non-hydrogen) atoms. The smallest absolute Gasteiger partial charge is 0.319 e. The molecule has 0 atom stereocenters. The minimum Gasteiger partial charge on any atom is -0.331 e. The van der Waals surface area contributed by atoms with E-state index in [0.717, 1.165) is 22.4 Å². The number of aromatic amines is 1. The van der Waals surface area contributed by atoms with E-state index in [1.54, 1.807) is 12.4 Å². The van der Waals surface area contributed by atoms with Gasteiger partial charge in [0, 0.05) is 23.6 Å². The topological polar surface area (TPSA) is 95.6 Å². The maximum absolute atomic E-state index is 12.0. The Labute approximate surface area is 139 Å². The number of hydrogen-bond donors (Lipinski definition) is 3. The quantitative estimate of drug-likeness (QED) is 0.688. The van der Waals surface area contributed by atoms with Crippen molar-refractivity contribution in [3.05, 3.63) is 59.7 Å². The maximum atomic E-state index is 12.0. The van der Waals surface area contributed by atoms with Gasteiger partial charge < -0.3 is 10.6 Å². The molecule has 0 saturated heterocycles. The average molecular weight is 322 g/mol. The van der Waals surface area contributed by atoms with Crippen LogP contribution in [0.3, 0.4) is 0 Å². The summed E-state index contributed by atoms with van der Waals surface area (Å²) in [5, 5.41) is 12.6. The molecule has 7 nitrogen and oxygen atoms in total. The third-order valence-corrected chi connectivity index (χ3v) is 3.74. The molecule has 0 fully saturated rings. The van der Waals surface area contributed by atoms with Gasteiger partial charge in [-0.25, -0.2) is 9.78 Å². The number of anilines is 1. The largest absolute Gasteiger partial charge is 0.331 e. The van der Waals surface area contributed by atoms with Gasteiger partial charge in [-0.1, -0.05) is 12.1 Å². The second kappa shape index (κ2) is 6.91. The van der Waals surface area contributed by atoms with Crippen molar-refractivity contribution in [1.82, 2.24) is 25.5 Å². The Morgan fingerprint density at radius 1 is 1.17 bits per heavy atom. The van der Waals surface area contributed by atoms with Crippen LogP contribution in [0.5, 0.6) is 0 Å². The maximum Gasteiger partial charge on any atom is 0.319 e. The minimum atomic E-state index is -0.287. The molecule has 0 unspecified atom stereocenters. The van der Waals surface area contributed by atoms with Crippen LogP contribution < -0.4 is 10.6 Å². The minimum absolute atomic E-state index is 0.259. The second-order valence-electron chi connectivity index (χ2n) is 5.40. The SMILES string of the molecule is Cc1cccc(NC(=O)NCc2nc(-c3ccncc3)n[nH]2)c1C. The van der Waals surface area contributed by atoms with Crippen molar-refractivity contribution in [2.45, 2.75) is 20.4 Å². The first-order chi connectivity index (χ1) is 11.6. The molecule has 0 aliphatic carbocycles. The molecule has 7 heteroatoms. The first kappa shape index (κ1) is 15.7. The molecule has 0 aliphatic rings. The van der Waals surface area contributed by atoms with Crippen LogP contribution in [-0.2, 0) is 6.54 Å². The lowest BCUT2D eigenvalue weighted by Gasteiger charge is -2.10. The van der Waals surface area contributed by atoms with E-state index in [2.05, 4.69) is 30.8 Å². The van der Waals surface area contributed by atoms with Gasteiger partial charge in [0.05, 0.1) is 6.54 Å². The summed E-state index contributed by atoms with van der Waals surface area (Å²) < 4.78 is 0. The van der Waals surface area contributed by atoms with Gasteiger partial charge in [-0.2, -0.15) is 5.10 Å². The Morgan fingerprint density at radius 2 is 1.96 bits per heavy atom. The van der Waals surface area contributed by atoms with Crippen LogP contribution in [0.25, 0.3) is 11.4 Å². The molecule has 122 valence electrons. The summed E-state index contributed by atoms with van der Waals surface area (Å²) in [4.78, 5) is 20.3. The van der Waals surface area contributed by atoms with E-state index in [0.29, 0.717) is 11.6 Å². The van der Waals surface area contributed by atoms with Gasteiger partial charge in [-0.15, -0.1) is 0 Å². The number of H-pyrrole nitrogens is 1. The van der Waals surface area contributed by atoms with Gasteiger partial charge in [0.2, 0.25) is 0 Å². The van der Waals surface area contributed by atoms with Gasteiger partial charge in [0.1, 0.15) is 5.82 Å². The molecule has 1 aromatic carbocycles. The molecule has 0 radical (unpaired) electrons. The number of nitrogens with one attached hydrogen (secondary N) is 3. The molecular weight excluding hydrogens is 304 g/mol. The Balaban J connectivity index is 1.59. The van der Waals surface area contributed by atoms with Gasteiger partial charge in [0.15, 0.2) is 5.82 Å². The highest BCUT2D eigenvalue weighted by Crippen LogP contribution is 2.17. The summed E-state index contributed by atoms with van der Waals surface area (Å²) in [6, 6.07) is 9.16. The van der Waals surface area contributed by atoms with Crippen LogP contribution in [0.15, 0.2) is 42.7 Å². The number of benzene rings is 1. The van der Waals surface area contributed by atoms with E-state index in [9.17, 15) is 4.79 Å². The Morgan fingerprint density at radius 3 is 2.75 bits per heavy atom. The molecule has 0 saturated carbocycles. The van der Waals surface area contributed by atoms with Crippen molar-refractivity contribution in [1.29, 1.82) is 0 Å². The first-order valence-electron chi connectivity index (χ1n) is 7.56. The van der Waals surface area contributed by atoms with Gasteiger partial charge >= 0.3 is 6.03 Å². The number of nitrogens with zero attached hydrogens (tertiary/aromatic N) is 3. The Hall–Kier alpha value is -3.22. The Kier molecular flexibility index (Phi) is 4.51. The number of rotatable bonds is 4. The normalized spacial score (nSPS) is 10.4. The number of aromatic nitrogens is 4. The van der Waals surface area contributed by atoms with Gasteiger partial charge in [-0.3, -0.25) is 10.1 Å². The summed E-state index contributed by atoms with van der Waals surface area (Å²) in [6.45, 7) is 4.24. The molecule has 0 spiro atoms. The summed E-state index contributed by atoms with van der Waals surface area (Å²) in [7, 11) is 0. The molecule has 2 aromatic heterocycles. The summed E-state index contributed by atoms with van der Waals surface area (Å²) in [5.41, 5.74) is 3.84. The number of hydrogen-bond acceptors (Lipinski definition) is 4. The van der Waals surface area contributed by atoms with Crippen LogP contribution in [0.1, 0.15) is 17.0 Å². The second-order valence-corrected chi connectivity index (χ2v) is 5.40. The van der Waals surface area contributed by atoms with Gasteiger partial charge in [-0.05, 0) is 43.2 Å². The highest BCUT2D eigenvalue weighted by Gasteiger charge is 2.08. The third kappa shape index (κ3) is 3.57. The van der Waals surface area contributed by atoms with E-state index in [-0.39, 0.29) is 12.6 Å². The number of amides is 2. The number of aryl methyl sites for hydroxylation is 1. The lowest BCUT2D eigenvalue weighted by Crippen LogP contribution is -2.29. The van der Waals surface area contributed by atoms with E-state index >= 15 is 0 Å². The van der Waals surface area contributed by atoms with E-state index in [4.69, 9.17) is 0 Å². The Bertz CT molecular complexity index is 843. The molecule has 2 heterocycles. The molecule has 3 rings (SSSR count). The predicted octanol–water partition coefficient (Wildman–Crippen LogP) is 2.81. The highest BCUT2D eigenvalue weighted by atomic mass is 16.2. The number of pyridine rings is 1. The average Bonchev–Trinajstić information content (AvgIpc) is 3.07. The summed E-state index contributed by atoms with van der Waals surface area (Å²) in [6.07, 6.45) is 3.36. The lowest BCUT2D eigenvalue weighted by atomic mass is 10.1. The molecular formula is C17H18N6O. The van der Waals surface area contributed by atoms with Crippen LogP contribution in [0.2, 0.25) is 0 Å². The van der Waals surface area contributed by atoms with Crippen LogP contribution in [0.4, 0.5) is 10.5 Å². The standard InChI is InChI=1S/C17H18N6O/c1-11-4-3-5-14(12(11)2)20-17(24)19-10-15-21-16(23-22-15)13-6-8-18-9-7-13/h3-9H,10H2,1-2H3,(H2,19,20,24)(H,21,22,23). The zero-order valence-electron chi connectivity index (χ0n) is 13.5. The first-order valence-corrected chi connectivity index (χ1v) is 7.56. The van der Waals surface area contributed by atoms with Crippen molar-refractivity contribution in [2.24, 2.45) is 0 Å². The van der Waals surface area contributed by atoms with Crippen molar-refractivity contribution in [3.63, 3.8) is 0 Å². The van der Waals surface area contributed by atoms with E-state index in [1.165, 1.54) is 0 Å². The van der Waals surface area contributed by atoms with Gasteiger partial charge in [0.25, 0.3) is 0 Å². The van der Waals surface area contributed by atoms with Crippen molar-refractivity contribution >= 4 is 11.7 Å². The predicted molar refractivity (Wildman–Crippen MR) is 91.4 cm³/mol. The highest BCUT2D eigenvalue weighted by molar-refractivity contribution is 5.90. The van der Waals surface area contributed by atoms with Crippen molar-refractivity contribution in [2.75, 3.05) is 5.32 Å². The van der Waals surface area contributed by atoms with Crippen molar-refractivity contribution < 1.29 is 4.79 Å². The van der Waals surface area contributed by atoms with Crippen LogP contribution in [0, 0.1) is 13.8 Å². The summed E-state index contributed by atoms with van der Waals surface area (Å²) in [5.74, 6) is 1.15. The molecule has 0 aliphatic heterocycles. The van der Waals surface area contributed by atoms with Crippen LogP contribution >= 0.6 is 0 Å². The lowest BCUT2D eigenvalue weighted by molar-refractivity contribution is 0.251. The zero-order valence-corrected chi connectivity index (χ0v) is 13.5. The van der Waals surface area contributed by atoms with E-state index < -0.39 is 0 Å². The van der Waals surface area contributed by atoms with Crippen molar-refractivity contribution in [3.8, 4) is 11.4 Å². The third-order valence-electron chi connectivity index (χ3n) is 3.74. The number of carbonyl (C=O) groups excluding carboxylic acids is 1. The monoisotopic (exact) mass is 322 g/mol. The number of carbonyl (C=O) groups is 1. The molecule has 2 amide bonds. The molecule has 3 aromatic rings. The zero-order chi connectivity index (χ0) is 16.9.